The first-order valence-corrected chi connectivity index (χ1v) is 7.56. The largest absolute Gasteiger partial charge is 0.385 e. The molecule has 1 rings (SSSR count). The molecule has 1 saturated heterocycles. The summed E-state index contributed by atoms with van der Waals surface area (Å²) in [4.78, 5) is 2.71. The third-order valence-electron chi connectivity index (χ3n) is 4.08. The highest BCUT2D eigenvalue weighted by Crippen LogP contribution is 2.20. The smallest absolute Gasteiger partial charge is 0.0477 e. The molecule has 3 atom stereocenters. The quantitative estimate of drug-likeness (QED) is 0.757. The Balaban J connectivity index is 2.58. The summed E-state index contributed by atoms with van der Waals surface area (Å²) < 4.78 is 5.23. The summed E-state index contributed by atoms with van der Waals surface area (Å²) in [7, 11) is 1.80. The second kappa shape index (κ2) is 8.13. The molecule has 3 nitrogen and oxygen atoms in total. The maximum absolute atomic E-state index is 5.23. The van der Waals surface area contributed by atoms with Gasteiger partial charge in [0.2, 0.25) is 0 Å². The van der Waals surface area contributed by atoms with Crippen LogP contribution in [0.3, 0.4) is 0 Å². The second-order valence-corrected chi connectivity index (χ2v) is 6.12. The Morgan fingerprint density at radius 1 is 1.33 bits per heavy atom. The van der Waals surface area contributed by atoms with Crippen LogP contribution in [0.25, 0.3) is 0 Å². The van der Waals surface area contributed by atoms with Crippen LogP contribution in [0.5, 0.6) is 0 Å². The van der Waals surface area contributed by atoms with Crippen LogP contribution in [0.1, 0.15) is 47.0 Å². The third kappa shape index (κ3) is 4.87. The fourth-order valence-corrected chi connectivity index (χ4v) is 2.92. The first kappa shape index (κ1) is 15.9. The van der Waals surface area contributed by atoms with Gasteiger partial charge in [-0.1, -0.05) is 20.8 Å². The Bertz CT molecular complexity index is 221. The molecule has 0 saturated carbocycles. The lowest BCUT2D eigenvalue weighted by molar-refractivity contribution is 0.0574. The number of nitrogens with one attached hydrogen (secondary N) is 1. The van der Waals surface area contributed by atoms with E-state index >= 15 is 0 Å². The van der Waals surface area contributed by atoms with Gasteiger partial charge in [0, 0.05) is 44.9 Å². The first-order valence-electron chi connectivity index (χ1n) is 7.56. The van der Waals surface area contributed by atoms with E-state index in [1.54, 1.807) is 7.11 Å². The highest BCUT2D eigenvalue weighted by Gasteiger charge is 2.30. The number of methoxy groups -OCH3 is 1. The Morgan fingerprint density at radius 2 is 2.06 bits per heavy atom. The van der Waals surface area contributed by atoms with Crippen LogP contribution in [0.15, 0.2) is 0 Å². The zero-order valence-electron chi connectivity index (χ0n) is 12.9. The van der Waals surface area contributed by atoms with Crippen molar-refractivity contribution in [2.75, 3.05) is 26.8 Å². The van der Waals surface area contributed by atoms with Gasteiger partial charge in [-0.15, -0.1) is 0 Å². The molecule has 1 fully saturated rings. The summed E-state index contributed by atoms with van der Waals surface area (Å²) in [5.74, 6) is 0.770. The molecule has 0 aromatic carbocycles. The molecule has 0 amide bonds. The second-order valence-electron chi connectivity index (χ2n) is 6.12. The Labute approximate surface area is 113 Å². The van der Waals surface area contributed by atoms with Crippen LogP contribution in [-0.2, 0) is 4.74 Å². The molecule has 1 N–H and O–H groups in total. The molecule has 18 heavy (non-hydrogen) atoms. The lowest BCUT2D eigenvalue weighted by Gasteiger charge is -2.44. The molecule has 0 bridgehead atoms. The van der Waals surface area contributed by atoms with E-state index in [1.165, 1.54) is 19.4 Å². The summed E-state index contributed by atoms with van der Waals surface area (Å²) >= 11 is 0. The van der Waals surface area contributed by atoms with E-state index in [-0.39, 0.29) is 0 Å². The Kier molecular flexibility index (Phi) is 7.20. The zero-order valence-corrected chi connectivity index (χ0v) is 12.9. The third-order valence-corrected chi connectivity index (χ3v) is 4.08. The van der Waals surface area contributed by atoms with Crippen LogP contribution >= 0.6 is 0 Å². The van der Waals surface area contributed by atoms with Crippen molar-refractivity contribution in [2.24, 2.45) is 5.92 Å². The predicted octanol–water partition coefficient (Wildman–Crippen LogP) is 2.51. The lowest BCUT2D eigenvalue weighted by atomic mass is 9.96. The van der Waals surface area contributed by atoms with Crippen molar-refractivity contribution >= 4 is 0 Å². The summed E-state index contributed by atoms with van der Waals surface area (Å²) in [6.07, 6.45) is 3.66. The average Bonchev–Trinajstić information content (AvgIpc) is 2.35. The van der Waals surface area contributed by atoms with Crippen LogP contribution < -0.4 is 5.32 Å². The molecular weight excluding hydrogens is 224 g/mol. The minimum absolute atomic E-state index is 0.629. The van der Waals surface area contributed by atoms with Gasteiger partial charge in [0.05, 0.1) is 0 Å². The molecule has 0 aromatic rings. The van der Waals surface area contributed by atoms with Gasteiger partial charge in [0.15, 0.2) is 0 Å². The highest BCUT2D eigenvalue weighted by atomic mass is 16.5. The van der Waals surface area contributed by atoms with E-state index < -0.39 is 0 Å². The fraction of sp³-hybridized carbons (Fsp3) is 1.00. The molecule has 0 aliphatic carbocycles. The monoisotopic (exact) mass is 256 g/mol. The van der Waals surface area contributed by atoms with Crippen LogP contribution in [0, 0.1) is 5.92 Å². The molecule has 0 aromatic heterocycles. The summed E-state index contributed by atoms with van der Waals surface area (Å²) in [6, 6.07) is 1.99. The Morgan fingerprint density at radius 3 is 2.61 bits per heavy atom. The number of hydrogen-bond donors (Lipinski definition) is 1. The molecule has 1 aliphatic heterocycles. The van der Waals surface area contributed by atoms with Gasteiger partial charge in [-0.25, -0.2) is 0 Å². The van der Waals surface area contributed by atoms with E-state index in [9.17, 15) is 0 Å². The highest BCUT2D eigenvalue weighted by molar-refractivity contribution is 4.88. The molecule has 1 aliphatic rings. The molecule has 3 heteroatoms. The van der Waals surface area contributed by atoms with Gasteiger partial charge in [-0.05, 0) is 32.1 Å². The minimum Gasteiger partial charge on any atom is -0.385 e. The SMILES string of the molecule is CCC1CN(C(C)CCOC)C(CC(C)C)CN1. The van der Waals surface area contributed by atoms with Gasteiger partial charge in [-0.2, -0.15) is 0 Å². The lowest BCUT2D eigenvalue weighted by Crippen LogP contribution is -2.59. The fourth-order valence-electron chi connectivity index (χ4n) is 2.92. The number of ether oxygens (including phenoxy) is 1. The average molecular weight is 256 g/mol. The van der Waals surface area contributed by atoms with E-state index in [0.717, 1.165) is 25.5 Å². The van der Waals surface area contributed by atoms with Crippen molar-refractivity contribution < 1.29 is 4.74 Å². The molecule has 3 unspecified atom stereocenters. The topological polar surface area (TPSA) is 24.5 Å². The maximum atomic E-state index is 5.23. The number of rotatable bonds is 7. The Hall–Kier alpha value is -0.120. The van der Waals surface area contributed by atoms with Crippen molar-refractivity contribution in [3.05, 3.63) is 0 Å². The van der Waals surface area contributed by atoms with Crippen molar-refractivity contribution in [2.45, 2.75) is 65.1 Å². The molecular formula is C15H32N2O. The normalized spacial score (nSPS) is 27.7. The van der Waals surface area contributed by atoms with E-state index in [2.05, 4.69) is 37.9 Å². The minimum atomic E-state index is 0.629. The number of piperazine rings is 1. The molecule has 0 spiro atoms. The van der Waals surface area contributed by atoms with E-state index in [0.29, 0.717) is 18.1 Å². The van der Waals surface area contributed by atoms with Crippen molar-refractivity contribution in [1.29, 1.82) is 0 Å². The van der Waals surface area contributed by atoms with Gasteiger partial charge < -0.3 is 10.1 Å². The standard InChI is InChI=1S/C15H32N2O/c1-6-14-11-17(13(4)7-8-18-5)15(10-16-14)9-12(2)3/h12-16H,6-11H2,1-5H3. The predicted molar refractivity (Wildman–Crippen MR) is 78.0 cm³/mol. The summed E-state index contributed by atoms with van der Waals surface area (Å²) in [5, 5.41) is 3.69. The van der Waals surface area contributed by atoms with Crippen molar-refractivity contribution in [1.82, 2.24) is 10.2 Å². The summed E-state index contributed by atoms with van der Waals surface area (Å²) in [5.41, 5.74) is 0. The van der Waals surface area contributed by atoms with Crippen LogP contribution in [0.2, 0.25) is 0 Å². The van der Waals surface area contributed by atoms with Gasteiger partial charge in [0.25, 0.3) is 0 Å². The molecule has 0 radical (unpaired) electrons. The number of nitrogens with zero attached hydrogens (tertiary/aromatic N) is 1. The van der Waals surface area contributed by atoms with Gasteiger partial charge in [0.1, 0.15) is 0 Å². The number of hydrogen-bond acceptors (Lipinski definition) is 3. The van der Waals surface area contributed by atoms with Crippen LogP contribution in [0.4, 0.5) is 0 Å². The maximum Gasteiger partial charge on any atom is 0.0477 e. The zero-order chi connectivity index (χ0) is 13.5. The van der Waals surface area contributed by atoms with Gasteiger partial charge >= 0.3 is 0 Å². The molecule has 108 valence electrons. The first-order chi connectivity index (χ1) is 8.58. The summed E-state index contributed by atoms with van der Waals surface area (Å²) in [6.45, 7) is 12.5. The van der Waals surface area contributed by atoms with E-state index in [1.807, 2.05) is 0 Å². The van der Waals surface area contributed by atoms with E-state index in [4.69, 9.17) is 4.74 Å². The van der Waals surface area contributed by atoms with Crippen molar-refractivity contribution in [3.63, 3.8) is 0 Å². The van der Waals surface area contributed by atoms with Crippen LogP contribution in [-0.4, -0.2) is 49.8 Å². The van der Waals surface area contributed by atoms with Crippen molar-refractivity contribution in [3.8, 4) is 0 Å². The molecule has 1 heterocycles. The van der Waals surface area contributed by atoms with Gasteiger partial charge in [-0.3, -0.25) is 4.90 Å².